The van der Waals surface area contributed by atoms with Crippen molar-refractivity contribution in [2.75, 3.05) is 6.29 Å². The Labute approximate surface area is 137 Å². The molecule has 116 valence electrons. The highest BCUT2D eigenvalue weighted by Crippen LogP contribution is 2.41. The van der Waals surface area contributed by atoms with Crippen LogP contribution in [0.3, 0.4) is 0 Å². The van der Waals surface area contributed by atoms with Crippen molar-refractivity contribution in [2.24, 2.45) is 0 Å². The summed E-state index contributed by atoms with van der Waals surface area (Å²) in [4.78, 5) is 0. The predicted octanol–water partition coefficient (Wildman–Crippen LogP) is 3.75. The van der Waals surface area contributed by atoms with Crippen LogP contribution in [0.1, 0.15) is 5.56 Å². The van der Waals surface area contributed by atoms with Crippen molar-refractivity contribution in [1.29, 1.82) is 0 Å². The molecule has 0 saturated heterocycles. The van der Waals surface area contributed by atoms with Crippen molar-refractivity contribution < 1.29 is 4.57 Å². The first-order valence-corrected chi connectivity index (χ1v) is 9.63. The molecule has 0 bridgehead atoms. The third kappa shape index (κ3) is 3.79. The van der Waals surface area contributed by atoms with E-state index in [-0.39, 0.29) is 0 Å². The Hall–Kier alpha value is -2.15. The monoisotopic (exact) mass is 321 g/mol. The topological polar surface area (TPSA) is 29.1 Å². The standard InChI is InChI=1S/C20H20NOP/c22-23(19-12-6-2-7-13-19,20-14-8-3-9-15-20)17-21-16-18-10-4-1-5-11-18/h1-15,21H,16-17H2. The van der Waals surface area contributed by atoms with Gasteiger partial charge >= 0.3 is 0 Å². The van der Waals surface area contributed by atoms with E-state index in [0.29, 0.717) is 12.8 Å². The van der Waals surface area contributed by atoms with Crippen LogP contribution in [-0.4, -0.2) is 6.29 Å². The Morgan fingerprint density at radius 3 is 1.57 bits per heavy atom. The maximum Gasteiger partial charge on any atom is 0.156 e. The van der Waals surface area contributed by atoms with Gasteiger partial charge in [-0.3, -0.25) is 0 Å². The molecule has 0 aliphatic heterocycles. The van der Waals surface area contributed by atoms with E-state index >= 15 is 0 Å². The third-order valence-corrected chi connectivity index (χ3v) is 6.79. The number of benzene rings is 3. The molecule has 0 spiro atoms. The molecule has 0 aliphatic rings. The van der Waals surface area contributed by atoms with Gasteiger partial charge in [-0.15, -0.1) is 0 Å². The maximum atomic E-state index is 13.7. The molecule has 3 aromatic rings. The minimum absolute atomic E-state index is 0.454. The Balaban J connectivity index is 1.83. The van der Waals surface area contributed by atoms with Crippen molar-refractivity contribution >= 4 is 17.8 Å². The SMILES string of the molecule is O=P(CNCc1ccccc1)(c1ccccc1)c1ccccc1. The molecule has 23 heavy (non-hydrogen) atoms. The predicted molar refractivity (Wildman–Crippen MR) is 97.9 cm³/mol. The normalized spacial score (nSPS) is 11.3. The van der Waals surface area contributed by atoms with Crippen LogP contribution in [0.2, 0.25) is 0 Å². The molecule has 0 fully saturated rings. The minimum Gasteiger partial charge on any atom is -0.312 e. The van der Waals surface area contributed by atoms with Gasteiger partial charge in [-0.25, -0.2) is 0 Å². The van der Waals surface area contributed by atoms with Gasteiger partial charge in [-0.2, -0.15) is 0 Å². The molecule has 0 unspecified atom stereocenters. The summed E-state index contributed by atoms with van der Waals surface area (Å²) in [5.41, 5.74) is 1.19. The van der Waals surface area contributed by atoms with E-state index in [1.54, 1.807) is 0 Å². The minimum atomic E-state index is -2.67. The van der Waals surface area contributed by atoms with Crippen LogP contribution < -0.4 is 15.9 Å². The molecule has 0 radical (unpaired) electrons. The Morgan fingerprint density at radius 2 is 1.09 bits per heavy atom. The fraction of sp³-hybridized carbons (Fsp3) is 0.100. The Kier molecular flexibility index (Phi) is 5.07. The number of rotatable bonds is 6. The zero-order valence-electron chi connectivity index (χ0n) is 12.9. The van der Waals surface area contributed by atoms with Crippen molar-refractivity contribution in [3.63, 3.8) is 0 Å². The molecule has 0 aliphatic carbocycles. The van der Waals surface area contributed by atoms with Crippen LogP contribution in [0.4, 0.5) is 0 Å². The highest BCUT2D eigenvalue weighted by Gasteiger charge is 2.26. The van der Waals surface area contributed by atoms with Gasteiger partial charge in [0.15, 0.2) is 7.14 Å². The quantitative estimate of drug-likeness (QED) is 0.701. The molecule has 3 rings (SSSR count). The molecule has 3 aromatic carbocycles. The smallest absolute Gasteiger partial charge is 0.156 e. The summed E-state index contributed by atoms with van der Waals surface area (Å²) in [5, 5.41) is 5.17. The van der Waals surface area contributed by atoms with Crippen LogP contribution in [0, 0.1) is 0 Å². The van der Waals surface area contributed by atoms with Gasteiger partial charge in [-0.05, 0) is 5.56 Å². The summed E-state index contributed by atoms with van der Waals surface area (Å²) >= 11 is 0. The first-order chi connectivity index (χ1) is 11.3. The molecular formula is C20H20NOP. The average molecular weight is 321 g/mol. The summed E-state index contributed by atoms with van der Waals surface area (Å²) < 4.78 is 13.7. The molecule has 1 N–H and O–H groups in total. The fourth-order valence-corrected chi connectivity index (χ4v) is 5.02. The van der Waals surface area contributed by atoms with Crippen LogP contribution >= 0.6 is 7.14 Å². The zero-order valence-corrected chi connectivity index (χ0v) is 13.8. The van der Waals surface area contributed by atoms with Gasteiger partial charge in [0, 0.05) is 17.2 Å². The second-order valence-corrected chi connectivity index (χ2v) is 8.31. The van der Waals surface area contributed by atoms with Crippen LogP contribution in [0.25, 0.3) is 0 Å². The molecule has 0 atom stereocenters. The fourth-order valence-electron chi connectivity index (χ4n) is 2.62. The van der Waals surface area contributed by atoms with E-state index in [1.807, 2.05) is 78.9 Å². The van der Waals surface area contributed by atoms with Gasteiger partial charge in [-0.1, -0.05) is 91.0 Å². The third-order valence-electron chi connectivity index (χ3n) is 3.85. The first-order valence-electron chi connectivity index (χ1n) is 7.74. The molecule has 0 amide bonds. The van der Waals surface area contributed by atoms with Crippen LogP contribution in [-0.2, 0) is 11.1 Å². The zero-order chi connectivity index (χ0) is 16.0. The highest BCUT2D eigenvalue weighted by molar-refractivity contribution is 7.78. The summed E-state index contributed by atoms with van der Waals surface area (Å²) in [6.45, 7) is 0.713. The molecule has 0 aromatic heterocycles. The summed E-state index contributed by atoms with van der Waals surface area (Å²) in [6.07, 6.45) is 0.454. The summed E-state index contributed by atoms with van der Waals surface area (Å²) in [5.74, 6) is 0. The van der Waals surface area contributed by atoms with Gasteiger partial charge in [0.1, 0.15) is 0 Å². The molecular weight excluding hydrogens is 301 g/mol. The lowest BCUT2D eigenvalue weighted by Gasteiger charge is -2.20. The lowest BCUT2D eigenvalue weighted by molar-refractivity contribution is 0.581. The van der Waals surface area contributed by atoms with Crippen molar-refractivity contribution in [1.82, 2.24) is 5.32 Å². The van der Waals surface area contributed by atoms with Crippen LogP contribution in [0.15, 0.2) is 91.0 Å². The summed E-state index contributed by atoms with van der Waals surface area (Å²) in [7, 11) is -2.67. The van der Waals surface area contributed by atoms with Crippen LogP contribution in [0.5, 0.6) is 0 Å². The number of hydrogen-bond donors (Lipinski definition) is 1. The van der Waals surface area contributed by atoms with Gasteiger partial charge < -0.3 is 9.88 Å². The number of hydrogen-bond acceptors (Lipinski definition) is 2. The second kappa shape index (κ2) is 7.41. The largest absolute Gasteiger partial charge is 0.312 e. The molecule has 0 heterocycles. The lowest BCUT2D eigenvalue weighted by atomic mass is 10.2. The first kappa shape index (κ1) is 15.7. The van der Waals surface area contributed by atoms with E-state index in [1.165, 1.54) is 5.56 Å². The lowest BCUT2D eigenvalue weighted by Crippen LogP contribution is -2.26. The molecule has 3 heteroatoms. The van der Waals surface area contributed by atoms with E-state index in [2.05, 4.69) is 17.4 Å². The molecule has 0 saturated carbocycles. The van der Waals surface area contributed by atoms with Crippen molar-refractivity contribution in [2.45, 2.75) is 6.54 Å². The van der Waals surface area contributed by atoms with Gasteiger partial charge in [0.2, 0.25) is 0 Å². The average Bonchev–Trinajstić information content (AvgIpc) is 2.64. The van der Waals surface area contributed by atoms with E-state index in [0.717, 1.165) is 10.6 Å². The van der Waals surface area contributed by atoms with Gasteiger partial charge in [0.05, 0.1) is 6.29 Å². The van der Waals surface area contributed by atoms with E-state index < -0.39 is 7.14 Å². The van der Waals surface area contributed by atoms with Crippen molar-refractivity contribution in [3.05, 3.63) is 96.6 Å². The summed E-state index contributed by atoms with van der Waals surface area (Å²) in [6, 6.07) is 29.7. The van der Waals surface area contributed by atoms with E-state index in [9.17, 15) is 4.57 Å². The van der Waals surface area contributed by atoms with E-state index in [4.69, 9.17) is 0 Å². The van der Waals surface area contributed by atoms with Gasteiger partial charge in [0.25, 0.3) is 0 Å². The maximum absolute atomic E-state index is 13.7. The van der Waals surface area contributed by atoms with Crippen molar-refractivity contribution in [3.8, 4) is 0 Å². The second-order valence-electron chi connectivity index (χ2n) is 5.48. The Morgan fingerprint density at radius 1 is 0.652 bits per heavy atom. The molecule has 2 nitrogen and oxygen atoms in total. The number of nitrogens with one attached hydrogen (secondary N) is 1. The Bertz CT molecular complexity index is 729. The highest BCUT2D eigenvalue weighted by atomic mass is 31.2.